The highest BCUT2D eigenvalue weighted by Gasteiger charge is 2.33. The Morgan fingerprint density at radius 3 is 2.38 bits per heavy atom. The van der Waals surface area contributed by atoms with Gasteiger partial charge < -0.3 is 10.0 Å². The molecule has 2 rings (SSSR count). The molecule has 0 aromatic carbocycles. The Morgan fingerprint density at radius 2 is 1.69 bits per heavy atom. The van der Waals surface area contributed by atoms with Crippen molar-refractivity contribution in [2.45, 2.75) is 44.9 Å². The largest absolute Gasteiger partial charge is 0.356 e. The van der Waals surface area contributed by atoms with Gasteiger partial charge in [0.2, 0.25) is 6.35 Å². The van der Waals surface area contributed by atoms with Gasteiger partial charge in [0.05, 0.1) is 0 Å². The number of carbonyl (C=O) groups excluding carboxylic acids is 1. The molecule has 1 amide bonds. The van der Waals surface area contributed by atoms with E-state index in [9.17, 15) is 9.90 Å². The average molecular weight is 224 g/mol. The highest BCUT2D eigenvalue weighted by molar-refractivity contribution is 5.94. The molecule has 0 spiro atoms. The van der Waals surface area contributed by atoms with Crippen molar-refractivity contribution in [1.29, 1.82) is 0 Å². The maximum Gasteiger partial charge on any atom is 0.254 e. The molecule has 1 aliphatic heterocycles. The van der Waals surface area contributed by atoms with E-state index < -0.39 is 6.35 Å². The molecule has 4 heteroatoms. The van der Waals surface area contributed by atoms with Crippen molar-refractivity contribution in [2.75, 3.05) is 14.1 Å². The van der Waals surface area contributed by atoms with Gasteiger partial charge in [-0.1, -0.05) is 12.8 Å². The number of amides is 1. The highest BCUT2D eigenvalue weighted by atomic mass is 16.3. The zero-order chi connectivity index (χ0) is 11.7. The average Bonchev–Trinajstić information content (AvgIpc) is 2.24. The van der Waals surface area contributed by atoms with E-state index >= 15 is 0 Å². The summed E-state index contributed by atoms with van der Waals surface area (Å²) in [7, 11) is 3.52. The molecule has 0 fully saturated rings. The lowest BCUT2D eigenvalue weighted by molar-refractivity contribution is -0.150. The van der Waals surface area contributed by atoms with Crippen LogP contribution in [0.15, 0.2) is 11.3 Å². The van der Waals surface area contributed by atoms with Gasteiger partial charge in [-0.05, 0) is 25.7 Å². The zero-order valence-electron chi connectivity index (χ0n) is 10.1. The van der Waals surface area contributed by atoms with E-state index in [0.717, 1.165) is 37.0 Å². The van der Waals surface area contributed by atoms with E-state index in [1.165, 1.54) is 17.7 Å². The SMILES string of the molecule is CN1C(=O)C2=C(CCCCCC2)N(C)C1O. The quantitative estimate of drug-likeness (QED) is 0.674. The Bertz CT molecular complexity index is 325. The van der Waals surface area contributed by atoms with Crippen molar-refractivity contribution in [3.8, 4) is 0 Å². The number of hydrogen-bond donors (Lipinski definition) is 1. The molecule has 1 aliphatic carbocycles. The van der Waals surface area contributed by atoms with Crippen LogP contribution in [0.2, 0.25) is 0 Å². The lowest BCUT2D eigenvalue weighted by Gasteiger charge is -2.41. The fourth-order valence-electron chi connectivity index (χ4n) is 2.58. The molecular formula is C12H20N2O2. The van der Waals surface area contributed by atoms with Crippen molar-refractivity contribution >= 4 is 5.91 Å². The standard InChI is InChI=1S/C12H20N2O2/c1-13-10-8-6-4-3-5-7-9(10)11(15)14(2)12(13)16/h12,16H,3-8H2,1-2H3. The molecule has 1 atom stereocenters. The second-order valence-electron chi connectivity index (χ2n) is 4.71. The molecule has 0 radical (unpaired) electrons. The number of rotatable bonds is 0. The number of aliphatic hydroxyl groups is 1. The van der Waals surface area contributed by atoms with Gasteiger partial charge >= 0.3 is 0 Å². The fourth-order valence-corrected chi connectivity index (χ4v) is 2.58. The van der Waals surface area contributed by atoms with E-state index in [1.54, 1.807) is 7.05 Å². The first kappa shape index (κ1) is 11.5. The fraction of sp³-hybridized carbons (Fsp3) is 0.750. The molecule has 0 saturated carbocycles. The summed E-state index contributed by atoms with van der Waals surface area (Å²) in [6.45, 7) is 0. The predicted molar refractivity (Wildman–Crippen MR) is 61.3 cm³/mol. The summed E-state index contributed by atoms with van der Waals surface area (Å²) in [5, 5.41) is 9.91. The minimum absolute atomic E-state index is 0.00231. The summed E-state index contributed by atoms with van der Waals surface area (Å²) in [4.78, 5) is 15.3. The molecule has 90 valence electrons. The Balaban J connectivity index is 2.34. The van der Waals surface area contributed by atoms with E-state index in [-0.39, 0.29) is 5.91 Å². The molecule has 0 saturated heterocycles. The summed E-state index contributed by atoms with van der Waals surface area (Å²) in [6.07, 6.45) is 5.61. The minimum atomic E-state index is -0.800. The third-order valence-electron chi connectivity index (χ3n) is 3.64. The summed E-state index contributed by atoms with van der Waals surface area (Å²) < 4.78 is 0. The van der Waals surface area contributed by atoms with Gasteiger partial charge in [-0.15, -0.1) is 0 Å². The summed E-state index contributed by atoms with van der Waals surface area (Å²) in [5.41, 5.74) is 1.96. The molecule has 4 nitrogen and oxygen atoms in total. The van der Waals surface area contributed by atoms with Crippen molar-refractivity contribution < 1.29 is 9.90 Å². The lowest BCUT2D eigenvalue weighted by Crippen LogP contribution is -2.52. The third kappa shape index (κ3) is 1.82. The topological polar surface area (TPSA) is 43.8 Å². The van der Waals surface area contributed by atoms with Gasteiger partial charge in [0.25, 0.3) is 5.91 Å². The number of allylic oxidation sites excluding steroid dienone is 1. The summed E-state index contributed by atoms with van der Waals surface area (Å²) >= 11 is 0. The van der Waals surface area contributed by atoms with Crippen LogP contribution in [0.5, 0.6) is 0 Å². The third-order valence-corrected chi connectivity index (χ3v) is 3.64. The second kappa shape index (κ2) is 4.45. The van der Waals surface area contributed by atoms with Crippen molar-refractivity contribution in [3.63, 3.8) is 0 Å². The number of aliphatic hydroxyl groups excluding tert-OH is 1. The Labute approximate surface area is 96.5 Å². The number of carbonyl (C=O) groups is 1. The van der Waals surface area contributed by atoms with Crippen LogP contribution in [0.4, 0.5) is 0 Å². The number of likely N-dealkylation sites (N-methyl/N-ethyl adjacent to an activating group) is 1. The zero-order valence-corrected chi connectivity index (χ0v) is 10.1. The van der Waals surface area contributed by atoms with Crippen molar-refractivity contribution in [3.05, 3.63) is 11.3 Å². The normalized spacial score (nSPS) is 27.7. The second-order valence-corrected chi connectivity index (χ2v) is 4.71. The maximum absolute atomic E-state index is 12.1. The predicted octanol–water partition coefficient (Wildman–Crippen LogP) is 1.27. The minimum Gasteiger partial charge on any atom is -0.356 e. The molecule has 0 bridgehead atoms. The van der Waals surface area contributed by atoms with E-state index in [1.807, 2.05) is 11.9 Å². The molecule has 1 N–H and O–H groups in total. The van der Waals surface area contributed by atoms with Crippen molar-refractivity contribution in [2.24, 2.45) is 0 Å². The molecule has 16 heavy (non-hydrogen) atoms. The highest BCUT2D eigenvalue weighted by Crippen LogP contribution is 2.30. The van der Waals surface area contributed by atoms with Crippen molar-refractivity contribution in [1.82, 2.24) is 9.80 Å². The molecule has 1 heterocycles. The first-order valence-corrected chi connectivity index (χ1v) is 6.03. The smallest absolute Gasteiger partial charge is 0.254 e. The van der Waals surface area contributed by atoms with Crippen LogP contribution in [-0.4, -0.2) is 41.3 Å². The Kier molecular flexibility index (Phi) is 3.19. The van der Waals surface area contributed by atoms with E-state index in [2.05, 4.69) is 0 Å². The molecule has 0 aromatic rings. The van der Waals surface area contributed by atoms with Crippen LogP contribution < -0.4 is 0 Å². The molecular weight excluding hydrogens is 204 g/mol. The monoisotopic (exact) mass is 224 g/mol. The summed E-state index contributed by atoms with van der Waals surface area (Å²) in [5.74, 6) is 0.00231. The van der Waals surface area contributed by atoms with Crippen LogP contribution in [-0.2, 0) is 4.79 Å². The van der Waals surface area contributed by atoms with Gasteiger partial charge in [0.1, 0.15) is 0 Å². The van der Waals surface area contributed by atoms with Gasteiger partial charge in [-0.2, -0.15) is 0 Å². The van der Waals surface area contributed by atoms with Gasteiger partial charge in [-0.25, -0.2) is 0 Å². The maximum atomic E-state index is 12.1. The number of nitrogens with zero attached hydrogens (tertiary/aromatic N) is 2. The first-order chi connectivity index (χ1) is 7.63. The Morgan fingerprint density at radius 1 is 1.06 bits per heavy atom. The van der Waals surface area contributed by atoms with Crippen LogP contribution in [0.25, 0.3) is 0 Å². The molecule has 2 aliphatic rings. The molecule has 0 aromatic heterocycles. The van der Waals surface area contributed by atoms with Crippen LogP contribution >= 0.6 is 0 Å². The van der Waals surface area contributed by atoms with Gasteiger partial charge in [-0.3, -0.25) is 9.69 Å². The first-order valence-electron chi connectivity index (χ1n) is 6.03. The Hall–Kier alpha value is -1.03. The van der Waals surface area contributed by atoms with Gasteiger partial charge in [0, 0.05) is 25.4 Å². The lowest BCUT2D eigenvalue weighted by atomic mass is 9.94. The van der Waals surface area contributed by atoms with Gasteiger partial charge in [0.15, 0.2) is 0 Å². The molecule has 1 unspecified atom stereocenters. The van der Waals surface area contributed by atoms with Crippen LogP contribution in [0, 0.1) is 0 Å². The summed E-state index contributed by atoms with van der Waals surface area (Å²) in [6, 6.07) is 0. The van der Waals surface area contributed by atoms with Crippen LogP contribution in [0.3, 0.4) is 0 Å². The number of hydrogen-bond acceptors (Lipinski definition) is 3. The van der Waals surface area contributed by atoms with Crippen LogP contribution in [0.1, 0.15) is 38.5 Å². The van der Waals surface area contributed by atoms with E-state index in [4.69, 9.17) is 0 Å². The van der Waals surface area contributed by atoms with E-state index in [0.29, 0.717) is 0 Å².